The zero-order chi connectivity index (χ0) is 19.7. The van der Waals surface area contributed by atoms with Crippen LogP contribution in [0.5, 0.6) is 0 Å². The minimum absolute atomic E-state index is 0.0632. The summed E-state index contributed by atoms with van der Waals surface area (Å²) >= 11 is 7.38. The van der Waals surface area contributed by atoms with Gasteiger partial charge in [-0.3, -0.25) is 9.48 Å². The van der Waals surface area contributed by atoms with Gasteiger partial charge in [-0.1, -0.05) is 35.9 Å². The highest BCUT2D eigenvalue weighted by Gasteiger charge is 2.17. The van der Waals surface area contributed by atoms with E-state index in [2.05, 4.69) is 10.4 Å². The van der Waals surface area contributed by atoms with Gasteiger partial charge in [-0.15, -0.1) is 11.3 Å². The van der Waals surface area contributed by atoms with Gasteiger partial charge in [0.2, 0.25) is 0 Å². The van der Waals surface area contributed by atoms with Gasteiger partial charge in [-0.05, 0) is 48.4 Å². The first kappa shape index (κ1) is 18.7. The Labute approximate surface area is 171 Å². The van der Waals surface area contributed by atoms with E-state index in [4.69, 9.17) is 11.6 Å². The number of nitrogens with one attached hydrogen (secondary N) is 1. The number of amides is 1. The summed E-state index contributed by atoms with van der Waals surface area (Å²) in [6, 6.07) is 16.7. The largest absolute Gasteiger partial charge is 0.392 e. The molecule has 2 aromatic carbocycles. The van der Waals surface area contributed by atoms with Crippen LogP contribution in [0.2, 0.25) is 5.02 Å². The van der Waals surface area contributed by atoms with Crippen molar-refractivity contribution >= 4 is 44.7 Å². The maximum Gasteiger partial charge on any atom is 0.265 e. The van der Waals surface area contributed by atoms with Crippen molar-refractivity contribution in [2.75, 3.05) is 5.32 Å². The van der Waals surface area contributed by atoms with Crippen molar-refractivity contribution in [2.45, 2.75) is 20.1 Å². The zero-order valence-corrected chi connectivity index (χ0v) is 16.7. The van der Waals surface area contributed by atoms with Gasteiger partial charge < -0.3 is 10.4 Å². The Morgan fingerprint density at radius 1 is 1.18 bits per heavy atom. The SMILES string of the molecule is Cc1nn(Cc2ccc(Cl)cc2)c2sc(C(=O)Nc3cccc(CO)c3)cc12. The topological polar surface area (TPSA) is 67.2 Å². The lowest BCUT2D eigenvalue weighted by molar-refractivity contribution is 0.103. The van der Waals surface area contributed by atoms with Gasteiger partial charge in [0.25, 0.3) is 5.91 Å². The number of aliphatic hydroxyl groups excluding tert-OH is 1. The van der Waals surface area contributed by atoms with E-state index >= 15 is 0 Å². The van der Waals surface area contributed by atoms with Gasteiger partial charge in [0, 0.05) is 16.1 Å². The van der Waals surface area contributed by atoms with Crippen LogP contribution in [0, 0.1) is 6.92 Å². The third kappa shape index (κ3) is 3.80. The number of nitrogens with zero attached hydrogens (tertiary/aromatic N) is 2. The van der Waals surface area contributed by atoms with Gasteiger partial charge in [0.15, 0.2) is 0 Å². The van der Waals surface area contributed by atoms with Crippen molar-refractivity contribution in [2.24, 2.45) is 0 Å². The van der Waals surface area contributed by atoms with E-state index in [0.717, 1.165) is 27.0 Å². The smallest absolute Gasteiger partial charge is 0.265 e. The Balaban J connectivity index is 1.60. The molecule has 7 heteroatoms. The van der Waals surface area contributed by atoms with Crippen LogP contribution in [0.4, 0.5) is 5.69 Å². The molecule has 4 aromatic rings. The van der Waals surface area contributed by atoms with E-state index in [-0.39, 0.29) is 12.5 Å². The van der Waals surface area contributed by atoms with Crippen LogP contribution in [0.25, 0.3) is 10.2 Å². The van der Waals surface area contributed by atoms with E-state index in [1.54, 1.807) is 18.2 Å². The van der Waals surface area contributed by atoms with Crippen molar-refractivity contribution in [3.63, 3.8) is 0 Å². The van der Waals surface area contributed by atoms with Crippen LogP contribution >= 0.6 is 22.9 Å². The highest BCUT2D eigenvalue weighted by Crippen LogP contribution is 2.29. The van der Waals surface area contributed by atoms with E-state index in [9.17, 15) is 9.90 Å². The standard InChI is InChI=1S/C21H18ClN3O2S/c1-13-18-10-19(20(27)23-17-4-2-3-15(9-17)12-26)28-21(18)25(24-13)11-14-5-7-16(22)8-6-14/h2-10,26H,11-12H2,1H3,(H,23,27). The molecule has 0 atom stereocenters. The first-order chi connectivity index (χ1) is 13.5. The lowest BCUT2D eigenvalue weighted by atomic mass is 10.2. The maximum absolute atomic E-state index is 12.7. The van der Waals surface area contributed by atoms with Crippen LogP contribution in [0.1, 0.15) is 26.5 Å². The molecular formula is C21H18ClN3O2S. The summed E-state index contributed by atoms with van der Waals surface area (Å²) in [6.45, 7) is 2.49. The number of aliphatic hydroxyl groups is 1. The number of carbonyl (C=O) groups is 1. The number of fused-ring (bicyclic) bond motifs is 1. The molecule has 0 aliphatic rings. The molecule has 0 aliphatic heterocycles. The van der Waals surface area contributed by atoms with Crippen LogP contribution in [0.3, 0.4) is 0 Å². The van der Waals surface area contributed by atoms with Crippen LogP contribution in [0.15, 0.2) is 54.6 Å². The summed E-state index contributed by atoms with van der Waals surface area (Å²) in [5.74, 6) is -0.172. The molecule has 0 fully saturated rings. The molecule has 0 spiro atoms. The van der Waals surface area contributed by atoms with Gasteiger partial charge in [-0.25, -0.2) is 0 Å². The molecule has 142 valence electrons. The number of thiophene rings is 1. The number of rotatable bonds is 5. The summed E-state index contributed by atoms with van der Waals surface area (Å²) in [7, 11) is 0. The van der Waals surface area contributed by atoms with E-state index < -0.39 is 0 Å². The number of carbonyl (C=O) groups excluding carboxylic acids is 1. The number of hydrogen-bond acceptors (Lipinski definition) is 4. The number of anilines is 1. The normalized spacial score (nSPS) is 11.1. The molecule has 2 N–H and O–H groups in total. The zero-order valence-electron chi connectivity index (χ0n) is 15.1. The second-order valence-corrected chi connectivity index (χ2v) is 7.98. The molecule has 28 heavy (non-hydrogen) atoms. The lowest BCUT2D eigenvalue weighted by Crippen LogP contribution is -2.10. The Bertz CT molecular complexity index is 1150. The Hall–Kier alpha value is -2.67. The highest BCUT2D eigenvalue weighted by atomic mass is 35.5. The van der Waals surface area contributed by atoms with Gasteiger partial charge >= 0.3 is 0 Å². The van der Waals surface area contributed by atoms with E-state index in [0.29, 0.717) is 22.1 Å². The predicted molar refractivity (Wildman–Crippen MR) is 113 cm³/mol. The third-order valence-electron chi connectivity index (χ3n) is 4.44. The summed E-state index contributed by atoms with van der Waals surface area (Å²) in [6.07, 6.45) is 0. The van der Waals surface area contributed by atoms with Gasteiger partial charge in [-0.2, -0.15) is 5.10 Å². The summed E-state index contributed by atoms with van der Waals surface area (Å²) < 4.78 is 1.92. The van der Waals surface area contributed by atoms with Crippen LogP contribution in [-0.2, 0) is 13.2 Å². The Morgan fingerprint density at radius 3 is 2.71 bits per heavy atom. The predicted octanol–water partition coefficient (Wildman–Crippen LogP) is 4.85. The van der Waals surface area contributed by atoms with Crippen LogP contribution < -0.4 is 5.32 Å². The van der Waals surface area contributed by atoms with Gasteiger partial charge in [0.05, 0.1) is 23.7 Å². The number of aryl methyl sites for hydroxylation is 1. The summed E-state index contributed by atoms with van der Waals surface area (Å²) in [5.41, 5.74) is 3.40. The quantitative estimate of drug-likeness (QED) is 0.493. The number of halogens is 1. The molecular weight excluding hydrogens is 394 g/mol. The van der Waals surface area contributed by atoms with Crippen molar-refractivity contribution in [1.29, 1.82) is 0 Å². The fourth-order valence-electron chi connectivity index (χ4n) is 3.03. The maximum atomic E-state index is 12.7. The third-order valence-corrected chi connectivity index (χ3v) is 5.84. The Morgan fingerprint density at radius 2 is 1.96 bits per heavy atom. The number of hydrogen-bond donors (Lipinski definition) is 2. The first-order valence-electron chi connectivity index (χ1n) is 8.76. The molecule has 0 unspecified atom stereocenters. The molecule has 0 saturated heterocycles. The minimum Gasteiger partial charge on any atom is -0.392 e. The first-order valence-corrected chi connectivity index (χ1v) is 9.95. The van der Waals surface area contributed by atoms with Gasteiger partial charge in [0.1, 0.15) is 4.83 Å². The summed E-state index contributed by atoms with van der Waals surface area (Å²) in [4.78, 5) is 14.3. The number of benzene rings is 2. The average molecular weight is 412 g/mol. The van der Waals surface area contributed by atoms with E-state index in [1.165, 1.54) is 11.3 Å². The molecule has 5 nitrogen and oxygen atoms in total. The van der Waals surface area contributed by atoms with Crippen molar-refractivity contribution < 1.29 is 9.90 Å². The molecule has 4 rings (SSSR count). The van der Waals surface area contributed by atoms with Crippen LogP contribution in [-0.4, -0.2) is 20.8 Å². The van der Waals surface area contributed by atoms with Crippen molar-refractivity contribution in [3.05, 3.63) is 81.3 Å². The second-order valence-electron chi connectivity index (χ2n) is 6.51. The monoisotopic (exact) mass is 411 g/mol. The molecule has 0 radical (unpaired) electrons. The highest BCUT2D eigenvalue weighted by molar-refractivity contribution is 7.20. The summed E-state index contributed by atoms with van der Waals surface area (Å²) in [5, 5.41) is 18.4. The molecule has 2 heterocycles. The lowest BCUT2D eigenvalue weighted by Gasteiger charge is -2.05. The Kier molecular flexibility index (Phi) is 5.17. The average Bonchev–Trinajstić information content (AvgIpc) is 3.25. The fraction of sp³-hybridized carbons (Fsp3) is 0.143. The van der Waals surface area contributed by atoms with Crippen molar-refractivity contribution in [1.82, 2.24) is 9.78 Å². The number of aromatic nitrogens is 2. The second kappa shape index (κ2) is 7.75. The molecule has 0 aliphatic carbocycles. The van der Waals surface area contributed by atoms with Crippen molar-refractivity contribution in [3.8, 4) is 0 Å². The molecule has 0 saturated carbocycles. The molecule has 0 bridgehead atoms. The molecule has 1 amide bonds. The molecule has 2 aromatic heterocycles. The van der Waals surface area contributed by atoms with E-state index in [1.807, 2.05) is 48.0 Å². The fourth-order valence-corrected chi connectivity index (χ4v) is 4.22. The minimum atomic E-state index is -0.172.